The highest BCUT2D eigenvalue weighted by Gasteiger charge is 2.42. The number of rotatable bonds is 4. The van der Waals surface area contributed by atoms with Crippen LogP contribution in [0.15, 0.2) is 30.2 Å². The van der Waals surface area contributed by atoms with E-state index in [1.54, 1.807) is 0 Å². The predicted molar refractivity (Wildman–Crippen MR) is 71.1 cm³/mol. The lowest BCUT2D eigenvalue weighted by Crippen LogP contribution is -2.42. The van der Waals surface area contributed by atoms with Gasteiger partial charge in [0.25, 0.3) is 0 Å². The fourth-order valence-electron chi connectivity index (χ4n) is 2.27. The SMILES string of the molecule is C=CCOC(=O)N1[C@H](C(=O)O)CC[C@H]1c1cccs1. The molecule has 19 heavy (non-hydrogen) atoms. The van der Waals surface area contributed by atoms with Crippen LogP contribution >= 0.6 is 11.3 Å². The molecule has 0 bridgehead atoms. The summed E-state index contributed by atoms with van der Waals surface area (Å²) in [6, 6.07) is 2.78. The van der Waals surface area contributed by atoms with Crippen molar-refractivity contribution < 1.29 is 19.4 Å². The van der Waals surface area contributed by atoms with Crippen molar-refractivity contribution in [2.24, 2.45) is 0 Å². The highest BCUT2D eigenvalue weighted by atomic mass is 32.1. The number of carbonyl (C=O) groups is 2. The summed E-state index contributed by atoms with van der Waals surface area (Å²) in [5, 5.41) is 11.1. The number of nitrogens with zero attached hydrogens (tertiary/aromatic N) is 1. The molecule has 1 amide bonds. The molecule has 102 valence electrons. The molecule has 1 aromatic rings. The number of hydrogen-bond acceptors (Lipinski definition) is 4. The van der Waals surface area contributed by atoms with E-state index in [1.807, 2.05) is 17.5 Å². The quantitative estimate of drug-likeness (QED) is 0.862. The molecule has 0 aromatic carbocycles. The van der Waals surface area contributed by atoms with Crippen LogP contribution in [0.3, 0.4) is 0 Å². The molecule has 1 fully saturated rings. The van der Waals surface area contributed by atoms with Gasteiger partial charge in [0, 0.05) is 4.88 Å². The van der Waals surface area contributed by atoms with E-state index in [0.717, 1.165) is 4.88 Å². The third-order valence-electron chi connectivity index (χ3n) is 3.08. The van der Waals surface area contributed by atoms with Gasteiger partial charge in [0.2, 0.25) is 0 Å². The summed E-state index contributed by atoms with van der Waals surface area (Å²) >= 11 is 1.52. The van der Waals surface area contributed by atoms with Crippen LogP contribution < -0.4 is 0 Å². The van der Waals surface area contributed by atoms with Crippen molar-refractivity contribution in [1.29, 1.82) is 0 Å². The first-order valence-corrected chi connectivity index (χ1v) is 6.85. The summed E-state index contributed by atoms with van der Waals surface area (Å²) in [5.74, 6) is -0.991. The van der Waals surface area contributed by atoms with E-state index in [4.69, 9.17) is 4.74 Å². The maximum atomic E-state index is 12.0. The van der Waals surface area contributed by atoms with Crippen molar-refractivity contribution in [2.75, 3.05) is 6.61 Å². The molecular formula is C13H15NO4S. The van der Waals surface area contributed by atoms with Gasteiger partial charge in [-0.1, -0.05) is 18.7 Å². The normalized spacial score (nSPS) is 22.2. The van der Waals surface area contributed by atoms with Crippen LogP contribution in [0.25, 0.3) is 0 Å². The third-order valence-corrected chi connectivity index (χ3v) is 4.05. The zero-order chi connectivity index (χ0) is 13.8. The molecule has 2 heterocycles. The van der Waals surface area contributed by atoms with Crippen LogP contribution in [0.4, 0.5) is 4.79 Å². The second kappa shape index (κ2) is 5.88. The Morgan fingerprint density at radius 1 is 1.58 bits per heavy atom. The standard InChI is InChI=1S/C13H15NO4S/c1-2-7-18-13(17)14-9(11-4-3-8-19-11)5-6-10(14)12(15)16/h2-4,8-10H,1,5-7H2,(H,15,16)/t9-,10-/m0/s1. The van der Waals surface area contributed by atoms with E-state index < -0.39 is 18.1 Å². The molecule has 1 aliphatic heterocycles. The highest BCUT2D eigenvalue weighted by Crippen LogP contribution is 2.38. The molecule has 0 spiro atoms. The Hall–Kier alpha value is -1.82. The number of thiophene rings is 1. The Balaban J connectivity index is 2.21. The molecule has 0 aliphatic carbocycles. The largest absolute Gasteiger partial charge is 0.480 e. The summed E-state index contributed by atoms with van der Waals surface area (Å²) in [6.45, 7) is 3.55. The van der Waals surface area contributed by atoms with Crippen LogP contribution in [-0.4, -0.2) is 34.7 Å². The molecular weight excluding hydrogens is 266 g/mol. The van der Waals surface area contributed by atoms with E-state index in [1.165, 1.54) is 22.3 Å². The summed E-state index contributed by atoms with van der Waals surface area (Å²) in [5.41, 5.74) is 0. The zero-order valence-electron chi connectivity index (χ0n) is 10.3. The van der Waals surface area contributed by atoms with Gasteiger partial charge < -0.3 is 9.84 Å². The highest BCUT2D eigenvalue weighted by molar-refractivity contribution is 7.10. The average molecular weight is 281 g/mol. The number of carboxylic acid groups (broad SMARTS) is 1. The van der Waals surface area contributed by atoms with Crippen molar-refractivity contribution in [3.05, 3.63) is 35.0 Å². The van der Waals surface area contributed by atoms with Crippen LogP contribution in [0, 0.1) is 0 Å². The number of ether oxygens (including phenoxy) is 1. The molecule has 0 radical (unpaired) electrons. The van der Waals surface area contributed by atoms with E-state index in [-0.39, 0.29) is 12.6 Å². The predicted octanol–water partition coefficient (Wildman–Crippen LogP) is 2.66. The fraction of sp³-hybridized carbons (Fsp3) is 0.385. The molecule has 5 nitrogen and oxygen atoms in total. The van der Waals surface area contributed by atoms with E-state index in [0.29, 0.717) is 12.8 Å². The van der Waals surface area contributed by atoms with Gasteiger partial charge in [-0.2, -0.15) is 0 Å². The number of aliphatic carboxylic acids is 1. The Labute approximate surface area is 115 Å². The Kier molecular flexibility index (Phi) is 4.21. The molecule has 1 aliphatic rings. The van der Waals surface area contributed by atoms with Gasteiger partial charge in [0.1, 0.15) is 12.6 Å². The smallest absolute Gasteiger partial charge is 0.411 e. The molecule has 2 rings (SSSR count). The topological polar surface area (TPSA) is 66.8 Å². The Morgan fingerprint density at radius 3 is 2.95 bits per heavy atom. The molecule has 1 saturated heterocycles. The molecule has 1 N–H and O–H groups in total. The van der Waals surface area contributed by atoms with Gasteiger partial charge in [0.15, 0.2) is 0 Å². The summed E-state index contributed by atoms with van der Waals surface area (Å²) in [4.78, 5) is 25.6. The fourth-order valence-corrected chi connectivity index (χ4v) is 3.13. The molecule has 2 atom stereocenters. The second-order valence-electron chi connectivity index (χ2n) is 4.24. The lowest BCUT2D eigenvalue weighted by molar-refractivity contribution is -0.142. The van der Waals surface area contributed by atoms with Crippen molar-refractivity contribution in [3.63, 3.8) is 0 Å². The first kappa shape index (κ1) is 13.6. The lowest BCUT2D eigenvalue weighted by atomic mass is 10.2. The maximum absolute atomic E-state index is 12.0. The van der Waals surface area contributed by atoms with Crippen molar-refractivity contribution >= 4 is 23.4 Å². The molecule has 0 unspecified atom stereocenters. The van der Waals surface area contributed by atoms with Gasteiger partial charge in [-0.25, -0.2) is 9.59 Å². The third kappa shape index (κ3) is 2.78. The number of carbonyl (C=O) groups excluding carboxylic acids is 1. The minimum Gasteiger partial charge on any atom is -0.480 e. The molecule has 0 saturated carbocycles. The van der Waals surface area contributed by atoms with Crippen LogP contribution in [0.1, 0.15) is 23.8 Å². The molecule has 1 aromatic heterocycles. The van der Waals surface area contributed by atoms with Crippen molar-refractivity contribution in [2.45, 2.75) is 24.9 Å². The molecule has 6 heteroatoms. The minimum absolute atomic E-state index is 0.0822. The monoisotopic (exact) mass is 281 g/mol. The lowest BCUT2D eigenvalue weighted by Gasteiger charge is -2.26. The van der Waals surface area contributed by atoms with Crippen molar-refractivity contribution in [1.82, 2.24) is 4.90 Å². The summed E-state index contributed by atoms with van der Waals surface area (Å²) in [6.07, 6.45) is 1.95. The average Bonchev–Trinajstić information content (AvgIpc) is 3.02. The van der Waals surface area contributed by atoms with Crippen LogP contribution in [0.5, 0.6) is 0 Å². The van der Waals surface area contributed by atoms with Crippen LogP contribution in [-0.2, 0) is 9.53 Å². The van der Waals surface area contributed by atoms with Gasteiger partial charge >= 0.3 is 12.1 Å². The number of carboxylic acids is 1. The number of hydrogen-bond donors (Lipinski definition) is 1. The minimum atomic E-state index is -0.991. The van der Waals surface area contributed by atoms with Gasteiger partial charge in [-0.05, 0) is 24.3 Å². The van der Waals surface area contributed by atoms with Gasteiger partial charge in [0.05, 0.1) is 6.04 Å². The maximum Gasteiger partial charge on any atom is 0.411 e. The van der Waals surface area contributed by atoms with Crippen molar-refractivity contribution in [3.8, 4) is 0 Å². The summed E-state index contributed by atoms with van der Waals surface area (Å²) in [7, 11) is 0. The second-order valence-corrected chi connectivity index (χ2v) is 5.21. The first-order chi connectivity index (χ1) is 9.15. The number of likely N-dealkylation sites (tertiary alicyclic amines) is 1. The summed E-state index contributed by atoms with van der Waals surface area (Å²) < 4.78 is 4.99. The van der Waals surface area contributed by atoms with E-state index >= 15 is 0 Å². The Morgan fingerprint density at radius 2 is 2.37 bits per heavy atom. The zero-order valence-corrected chi connectivity index (χ0v) is 11.1. The van der Waals surface area contributed by atoms with Crippen LogP contribution in [0.2, 0.25) is 0 Å². The Bertz CT molecular complexity index is 471. The van der Waals surface area contributed by atoms with Gasteiger partial charge in [-0.3, -0.25) is 4.90 Å². The number of amides is 1. The van der Waals surface area contributed by atoms with Gasteiger partial charge in [-0.15, -0.1) is 11.3 Å². The first-order valence-electron chi connectivity index (χ1n) is 5.97. The van der Waals surface area contributed by atoms with E-state index in [2.05, 4.69) is 6.58 Å². The van der Waals surface area contributed by atoms with E-state index in [9.17, 15) is 14.7 Å².